The monoisotopic (exact) mass is 425 g/mol. The molecule has 0 aliphatic heterocycles. The highest BCUT2D eigenvalue weighted by molar-refractivity contribution is 7.89. The van der Waals surface area contributed by atoms with Gasteiger partial charge in [0.15, 0.2) is 0 Å². The summed E-state index contributed by atoms with van der Waals surface area (Å²) in [6.07, 6.45) is 0. The molecule has 0 aliphatic rings. The summed E-state index contributed by atoms with van der Waals surface area (Å²) in [5.41, 5.74) is 3.12. The highest BCUT2D eigenvalue weighted by Crippen LogP contribution is 2.33. The van der Waals surface area contributed by atoms with Crippen molar-refractivity contribution in [3.8, 4) is 22.0 Å². The molecule has 2 heterocycles. The van der Waals surface area contributed by atoms with Crippen molar-refractivity contribution in [3.63, 3.8) is 0 Å². The van der Waals surface area contributed by atoms with Crippen molar-refractivity contribution >= 4 is 33.0 Å². The lowest BCUT2D eigenvalue weighted by atomic mass is 10.2. The summed E-state index contributed by atoms with van der Waals surface area (Å²) in [6.45, 7) is 2.31. The third kappa shape index (κ3) is 4.25. The smallest absolute Gasteiger partial charge is 0.242 e. The molecule has 27 heavy (non-hydrogen) atoms. The molecule has 1 N–H and O–H groups in total. The van der Waals surface area contributed by atoms with Crippen LogP contribution in [0.25, 0.3) is 22.0 Å². The van der Waals surface area contributed by atoms with Crippen LogP contribution in [0.15, 0.2) is 40.6 Å². The van der Waals surface area contributed by atoms with E-state index in [1.807, 2.05) is 41.3 Å². The molecular formula is C18H20ClN3O3S2. The Kier molecular flexibility index (Phi) is 6.02. The molecular weight excluding hydrogens is 406 g/mol. The normalized spacial score (nSPS) is 11.9. The summed E-state index contributed by atoms with van der Waals surface area (Å²) < 4.78 is 34.4. The largest absolute Gasteiger partial charge is 0.383 e. The molecule has 1 aromatic carbocycles. The molecule has 0 saturated carbocycles. The fourth-order valence-corrected chi connectivity index (χ4v) is 5.05. The zero-order chi connectivity index (χ0) is 19.6. The molecule has 0 aliphatic carbocycles. The molecule has 0 atom stereocenters. The SMILES string of the molecule is COCCNS(=O)(=O)c1cc(-c2nc(-c3cccc(Cl)c3)cs2)n(C)c1C. The van der Waals surface area contributed by atoms with Crippen molar-refractivity contribution in [3.05, 3.63) is 46.4 Å². The third-order valence-corrected chi connectivity index (χ3v) is 6.90. The summed E-state index contributed by atoms with van der Waals surface area (Å²) in [5.74, 6) is 0. The lowest BCUT2D eigenvalue weighted by Crippen LogP contribution is -2.27. The Bertz CT molecular complexity index is 1060. The van der Waals surface area contributed by atoms with E-state index in [-0.39, 0.29) is 11.4 Å². The van der Waals surface area contributed by atoms with E-state index in [9.17, 15) is 8.42 Å². The number of aromatic nitrogens is 2. The Labute approximate surface area is 167 Å². The van der Waals surface area contributed by atoms with Crippen LogP contribution in [0.2, 0.25) is 5.02 Å². The maximum atomic E-state index is 12.6. The van der Waals surface area contributed by atoms with Crippen LogP contribution in [0.3, 0.4) is 0 Å². The minimum atomic E-state index is -3.62. The number of nitrogens with one attached hydrogen (secondary N) is 1. The van der Waals surface area contributed by atoms with Crippen LogP contribution in [0, 0.1) is 6.92 Å². The molecule has 0 radical (unpaired) electrons. The lowest BCUT2D eigenvalue weighted by Gasteiger charge is -2.06. The summed E-state index contributed by atoms with van der Waals surface area (Å²) in [7, 11) is -0.255. The second kappa shape index (κ2) is 8.12. The number of hydrogen-bond donors (Lipinski definition) is 1. The van der Waals surface area contributed by atoms with Crippen LogP contribution in [0.1, 0.15) is 5.69 Å². The zero-order valence-electron chi connectivity index (χ0n) is 15.2. The van der Waals surface area contributed by atoms with Gasteiger partial charge in [-0.3, -0.25) is 0 Å². The van der Waals surface area contributed by atoms with Crippen LogP contribution >= 0.6 is 22.9 Å². The number of rotatable bonds is 7. The second-order valence-electron chi connectivity index (χ2n) is 5.98. The molecule has 0 unspecified atom stereocenters. The van der Waals surface area contributed by atoms with Gasteiger partial charge in [-0.05, 0) is 25.1 Å². The van der Waals surface area contributed by atoms with Crippen LogP contribution in [-0.2, 0) is 21.8 Å². The molecule has 144 valence electrons. The van der Waals surface area contributed by atoms with E-state index in [4.69, 9.17) is 16.3 Å². The van der Waals surface area contributed by atoms with Gasteiger partial charge in [0.05, 0.1) is 18.0 Å². The molecule has 0 spiro atoms. The number of halogens is 1. The summed E-state index contributed by atoms with van der Waals surface area (Å²) in [4.78, 5) is 4.91. The van der Waals surface area contributed by atoms with Gasteiger partial charge in [0, 0.05) is 42.4 Å². The molecule has 6 nitrogen and oxygen atoms in total. The van der Waals surface area contributed by atoms with Gasteiger partial charge in [-0.25, -0.2) is 18.1 Å². The predicted molar refractivity (Wildman–Crippen MR) is 109 cm³/mol. The Morgan fingerprint density at radius 3 is 2.81 bits per heavy atom. The van der Waals surface area contributed by atoms with Crippen molar-refractivity contribution in [2.24, 2.45) is 7.05 Å². The number of sulfonamides is 1. The molecule has 9 heteroatoms. The second-order valence-corrected chi connectivity index (χ2v) is 9.01. The van der Waals surface area contributed by atoms with Crippen molar-refractivity contribution in [2.45, 2.75) is 11.8 Å². The van der Waals surface area contributed by atoms with Gasteiger partial charge < -0.3 is 9.30 Å². The predicted octanol–water partition coefficient (Wildman–Crippen LogP) is 3.70. The quantitative estimate of drug-likeness (QED) is 0.586. The maximum Gasteiger partial charge on any atom is 0.242 e. The molecule has 0 bridgehead atoms. The third-order valence-electron chi connectivity index (χ3n) is 4.22. The first-order chi connectivity index (χ1) is 12.8. The van der Waals surface area contributed by atoms with Gasteiger partial charge in [-0.1, -0.05) is 23.7 Å². The van der Waals surface area contributed by atoms with Crippen molar-refractivity contribution in [1.82, 2.24) is 14.3 Å². The number of methoxy groups -OCH3 is 1. The highest BCUT2D eigenvalue weighted by atomic mass is 35.5. The number of ether oxygens (including phenoxy) is 1. The molecule has 3 aromatic rings. The molecule has 0 amide bonds. The topological polar surface area (TPSA) is 73.2 Å². The fourth-order valence-electron chi connectivity index (χ4n) is 2.68. The first-order valence-corrected chi connectivity index (χ1v) is 10.9. The molecule has 3 rings (SSSR count). The maximum absolute atomic E-state index is 12.6. The minimum Gasteiger partial charge on any atom is -0.383 e. The van der Waals surface area contributed by atoms with Gasteiger partial charge in [-0.2, -0.15) is 0 Å². The molecule has 0 fully saturated rings. The average Bonchev–Trinajstić information content (AvgIpc) is 3.21. The van der Waals surface area contributed by atoms with Gasteiger partial charge in [0.2, 0.25) is 10.0 Å². The molecule has 0 saturated heterocycles. The Morgan fingerprint density at radius 2 is 2.11 bits per heavy atom. The van der Waals surface area contributed by atoms with Crippen LogP contribution in [0.5, 0.6) is 0 Å². The van der Waals surface area contributed by atoms with Crippen molar-refractivity contribution in [1.29, 1.82) is 0 Å². The van der Waals surface area contributed by atoms with Gasteiger partial charge in [0.25, 0.3) is 0 Å². The van der Waals surface area contributed by atoms with E-state index in [0.29, 0.717) is 17.3 Å². The Balaban J connectivity index is 1.95. The lowest BCUT2D eigenvalue weighted by molar-refractivity contribution is 0.204. The van der Waals surface area contributed by atoms with Crippen LogP contribution in [-0.4, -0.2) is 38.2 Å². The van der Waals surface area contributed by atoms with Crippen LogP contribution < -0.4 is 4.72 Å². The standard InChI is InChI=1S/C18H20ClN3O3S2/c1-12-17(27(23,24)20-7-8-25-3)10-16(22(12)2)18-21-15(11-26-18)13-5-4-6-14(19)9-13/h4-6,9-11,20H,7-8H2,1-3H3. The van der Waals surface area contributed by atoms with E-state index in [1.54, 1.807) is 13.0 Å². The first kappa shape index (κ1) is 20.0. The van der Waals surface area contributed by atoms with Crippen LogP contribution in [0.4, 0.5) is 0 Å². The number of thiazole rings is 1. The van der Waals surface area contributed by atoms with Gasteiger partial charge in [0.1, 0.15) is 9.90 Å². The zero-order valence-corrected chi connectivity index (χ0v) is 17.6. The fraction of sp³-hybridized carbons (Fsp3) is 0.278. The summed E-state index contributed by atoms with van der Waals surface area (Å²) in [5, 5.41) is 3.33. The van der Waals surface area contributed by atoms with E-state index in [1.165, 1.54) is 18.4 Å². The highest BCUT2D eigenvalue weighted by Gasteiger charge is 2.23. The number of hydrogen-bond acceptors (Lipinski definition) is 5. The van der Waals surface area contributed by atoms with E-state index < -0.39 is 10.0 Å². The van der Waals surface area contributed by atoms with Crippen molar-refractivity contribution in [2.75, 3.05) is 20.3 Å². The van der Waals surface area contributed by atoms with E-state index in [2.05, 4.69) is 9.71 Å². The summed E-state index contributed by atoms with van der Waals surface area (Å²) in [6, 6.07) is 9.14. The van der Waals surface area contributed by atoms with Gasteiger partial charge in [-0.15, -0.1) is 11.3 Å². The number of benzene rings is 1. The van der Waals surface area contributed by atoms with E-state index >= 15 is 0 Å². The number of nitrogens with zero attached hydrogens (tertiary/aromatic N) is 2. The molecule has 2 aromatic heterocycles. The Hall–Kier alpha value is -1.71. The van der Waals surface area contributed by atoms with E-state index in [0.717, 1.165) is 22.0 Å². The Morgan fingerprint density at radius 1 is 1.33 bits per heavy atom. The van der Waals surface area contributed by atoms with Gasteiger partial charge >= 0.3 is 0 Å². The average molecular weight is 426 g/mol. The van der Waals surface area contributed by atoms with Crippen molar-refractivity contribution < 1.29 is 13.2 Å². The first-order valence-electron chi connectivity index (χ1n) is 8.20. The summed E-state index contributed by atoms with van der Waals surface area (Å²) >= 11 is 7.52. The minimum absolute atomic E-state index is 0.221.